The number of carbonyl (C=O) groups is 2. The Bertz CT molecular complexity index is 385. The third-order valence-corrected chi connectivity index (χ3v) is 2.25. The molecule has 1 heterocycles. The van der Waals surface area contributed by atoms with E-state index in [0.29, 0.717) is 0 Å². The summed E-state index contributed by atoms with van der Waals surface area (Å²) in [5.74, 6) is -0.213. The Morgan fingerprint density at radius 1 is 1.20 bits per heavy atom. The van der Waals surface area contributed by atoms with Gasteiger partial charge in [-0.05, 0) is 12.5 Å². The molecule has 0 amide bonds. The highest BCUT2D eigenvalue weighted by Crippen LogP contribution is 2.30. The standard InChI is InChI=1S/C11H10O4/c1-7(12)9-10(15-11(13)14-9)8-5-3-2-4-6-8/h2-6,9-10H,1H3/t9-,10+/m1/s1. The fraction of sp³-hybridized carbons (Fsp3) is 0.273. The van der Waals surface area contributed by atoms with Gasteiger partial charge < -0.3 is 9.47 Å². The van der Waals surface area contributed by atoms with E-state index < -0.39 is 18.4 Å². The van der Waals surface area contributed by atoms with Crippen molar-refractivity contribution in [1.82, 2.24) is 0 Å². The molecule has 0 N–H and O–H groups in total. The van der Waals surface area contributed by atoms with E-state index in [1.54, 1.807) is 12.1 Å². The topological polar surface area (TPSA) is 52.6 Å². The number of hydrogen-bond donors (Lipinski definition) is 0. The van der Waals surface area contributed by atoms with Crippen molar-refractivity contribution < 1.29 is 19.1 Å². The summed E-state index contributed by atoms with van der Waals surface area (Å²) in [6, 6.07) is 9.08. The fourth-order valence-corrected chi connectivity index (χ4v) is 1.54. The molecule has 0 spiro atoms. The molecule has 0 aliphatic carbocycles. The molecule has 1 aromatic rings. The van der Waals surface area contributed by atoms with Crippen molar-refractivity contribution in [3.63, 3.8) is 0 Å². The first kappa shape index (κ1) is 9.71. The molecule has 0 unspecified atom stereocenters. The Labute approximate surface area is 86.8 Å². The minimum absolute atomic E-state index is 0.213. The SMILES string of the molecule is CC(=O)[C@H]1OC(=O)O[C@H]1c1ccccc1. The summed E-state index contributed by atoms with van der Waals surface area (Å²) in [6.45, 7) is 1.38. The van der Waals surface area contributed by atoms with Gasteiger partial charge in [0, 0.05) is 0 Å². The lowest BCUT2D eigenvalue weighted by molar-refractivity contribution is -0.125. The van der Waals surface area contributed by atoms with E-state index in [-0.39, 0.29) is 5.78 Å². The predicted octanol–water partition coefficient (Wildman–Crippen LogP) is 1.85. The van der Waals surface area contributed by atoms with Crippen molar-refractivity contribution in [1.29, 1.82) is 0 Å². The van der Waals surface area contributed by atoms with Crippen molar-refractivity contribution in [2.24, 2.45) is 0 Å². The Balaban J connectivity index is 2.28. The molecule has 1 aliphatic heterocycles. The maximum atomic E-state index is 11.2. The Morgan fingerprint density at radius 3 is 2.47 bits per heavy atom. The zero-order valence-corrected chi connectivity index (χ0v) is 8.17. The lowest BCUT2D eigenvalue weighted by Crippen LogP contribution is -2.23. The smallest absolute Gasteiger partial charge is 0.422 e. The summed E-state index contributed by atoms with van der Waals surface area (Å²) in [5.41, 5.74) is 0.767. The second kappa shape index (κ2) is 3.73. The summed E-state index contributed by atoms with van der Waals surface area (Å²) in [4.78, 5) is 22.2. The summed E-state index contributed by atoms with van der Waals surface area (Å²) in [7, 11) is 0. The third kappa shape index (κ3) is 1.83. The average Bonchev–Trinajstić information content (AvgIpc) is 2.62. The molecule has 4 heteroatoms. The molecular weight excluding hydrogens is 196 g/mol. The van der Waals surface area contributed by atoms with E-state index in [2.05, 4.69) is 0 Å². The quantitative estimate of drug-likeness (QED) is 0.693. The molecule has 1 aromatic carbocycles. The molecule has 0 saturated carbocycles. The van der Waals surface area contributed by atoms with E-state index in [1.165, 1.54) is 6.92 Å². The van der Waals surface area contributed by atoms with Crippen LogP contribution in [0.2, 0.25) is 0 Å². The summed E-state index contributed by atoms with van der Waals surface area (Å²) in [6.07, 6.45) is -2.22. The van der Waals surface area contributed by atoms with Crippen LogP contribution in [0.4, 0.5) is 4.79 Å². The van der Waals surface area contributed by atoms with Crippen LogP contribution in [0, 0.1) is 0 Å². The molecule has 1 fully saturated rings. The second-order valence-corrected chi connectivity index (χ2v) is 3.35. The summed E-state index contributed by atoms with van der Waals surface area (Å²) in [5, 5.41) is 0. The minimum atomic E-state index is -0.820. The van der Waals surface area contributed by atoms with Crippen molar-refractivity contribution in [3.8, 4) is 0 Å². The van der Waals surface area contributed by atoms with Gasteiger partial charge in [-0.3, -0.25) is 4.79 Å². The minimum Gasteiger partial charge on any atom is -0.422 e. The van der Waals surface area contributed by atoms with Gasteiger partial charge in [0.05, 0.1) is 0 Å². The first-order chi connectivity index (χ1) is 7.18. The number of cyclic esters (lactones) is 2. The van der Waals surface area contributed by atoms with Crippen LogP contribution in [0.5, 0.6) is 0 Å². The molecule has 1 saturated heterocycles. The lowest BCUT2D eigenvalue weighted by atomic mass is 10.0. The van der Waals surface area contributed by atoms with Crippen LogP contribution in [0.15, 0.2) is 30.3 Å². The highest BCUT2D eigenvalue weighted by Gasteiger charge is 2.40. The Morgan fingerprint density at radius 2 is 1.87 bits per heavy atom. The van der Waals surface area contributed by atoms with Gasteiger partial charge in [0.15, 0.2) is 11.9 Å². The van der Waals surface area contributed by atoms with Gasteiger partial charge in [-0.1, -0.05) is 30.3 Å². The van der Waals surface area contributed by atoms with E-state index >= 15 is 0 Å². The van der Waals surface area contributed by atoms with Crippen LogP contribution in [-0.2, 0) is 14.3 Å². The zero-order valence-electron chi connectivity index (χ0n) is 8.17. The van der Waals surface area contributed by atoms with Crippen molar-refractivity contribution in [2.45, 2.75) is 19.1 Å². The molecule has 0 aromatic heterocycles. The van der Waals surface area contributed by atoms with Crippen molar-refractivity contribution in [3.05, 3.63) is 35.9 Å². The average molecular weight is 206 g/mol. The number of ketones is 1. The van der Waals surface area contributed by atoms with Gasteiger partial charge in [0.25, 0.3) is 0 Å². The first-order valence-corrected chi connectivity index (χ1v) is 4.61. The molecular formula is C11H10O4. The van der Waals surface area contributed by atoms with Gasteiger partial charge in [0.1, 0.15) is 0 Å². The summed E-state index contributed by atoms with van der Waals surface area (Å²) >= 11 is 0. The first-order valence-electron chi connectivity index (χ1n) is 4.61. The maximum absolute atomic E-state index is 11.2. The lowest BCUT2D eigenvalue weighted by Gasteiger charge is -2.12. The molecule has 0 radical (unpaired) electrons. The number of ether oxygens (including phenoxy) is 2. The predicted molar refractivity (Wildman–Crippen MR) is 51.2 cm³/mol. The molecule has 0 bridgehead atoms. The van der Waals surface area contributed by atoms with Gasteiger partial charge in [-0.25, -0.2) is 4.79 Å². The van der Waals surface area contributed by atoms with Gasteiger partial charge >= 0.3 is 6.16 Å². The van der Waals surface area contributed by atoms with E-state index in [9.17, 15) is 9.59 Å². The molecule has 1 aliphatic rings. The van der Waals surface area contributed by atoms with E-state index in [0.717, 1.165) is 5.56 Å². The van der Waals surface area contributed by atoms with Gasteiger partial charge in [0.2, 0.25) is 6.10 Å². The van der Waals surface area contributed by atoms with E-state index in [1.807, 2.05) is 18.2 Å². The van der Waals surface area contributed by atoms with E-state index in [4.69, 9.17) is 9.47 Å². The van der Waals surface area contributed by atoms with Crippen LogP contribution in [-0.4, -0.2) is 18.0 Å². The number of Topliss-reactive ketones (excluding diaryl/α,β-unsaturated/α-hetero) is 1. The summed E-state index contributed by atoms with van der Waals surface area (Å²) < 4.78 is 9.72. The highest BCUT2D eigenvalue weighted by atomic mass is 16.8. The number of hydrogen-bond acceptors (Lipinski definition) is 4. The molecule has 2 rings (SSSR count). The number of carbonyl (C=O) groups excluding carboxylic acids is 2. The zero-order chi connectivity index (χ0) is 10.8. The van der Waals surface area contributed by atoms with Crippen LogP contribution < -0.4 is 0 Å². The number of benzene rings is 1. The highest BCUT2D eigenvalue weighted by molar-refractivity contribution is 5.85. The third-order valence-electron chi connectivity index (χ3n) is 2.25. The second-order valence-electron chi connectivity index (χ2n) is 3.35. The van der Waals surface area contributed by atoms with Crippen molar-refractivity contribution >= 4 is 11.9 Å². The van der Waals surface area contributed by atoms with Gasteiger partial charge in [-0.2, -0.15) is 0 Å². The fourth-order valence-electron chi connectivity index (χ4n) is 1.54. The maximum Gasteiger partial charge on any atom is 0.509 e. The largest absolute Gasteiger partial charge is 0.509 e. The normalized spacial score (nSPS) is 24.5. The molecule has 78 valence electrons. The van der Waals surface area contributed by atoms with Crippen LogP contribution in [0.3, 0.4) is 0 Å². The van der Waals surface area contributed by atoms with Crippen LogP contribution >= 0.6 is 0 Å². The molecule has 15 heavy (non-hydrogen) atoms. The monoisotopic (exact) mass is 206 g/mol. The Kier molecular flexibility index (Phi) is 2.41. The van der Waals surface area contributed by atoms with Crippen LogP contribution in [0.1, 0.15) is 18.6 Å². The molecule has 2 atom stereocenters. The van der Waals surface area contributed by atoms with Crippen molar-refractivity contribution in [2.75, 3.05) is 0 Å². The number of rotatable bonds is 2. The Hall–Kier alpha value is -1.84. The van der Waals surface area contributed by atoms with Gasteiger partial charge in [-0.15, -0.1) is 0 Å². The molecule has 4 nitrogen and oxygen atoms in total. The van der Waals surface area contributed by atoms with Crippen LogP contribution in [0.25, 0.3) is 0 Å².